The molecule has 0 aliphatic carbocycles. The predicted molar refractivity (Wildman–Crippen MR) is 85.4 cm³/mol. The van der Waals surface area contributed by atoms with Crippen LogP contribution in [0.4, 0.5) is 5.69 Å². The fourth-order valence-electron chi connectivity index (χ4n) is 2.06. The van der Waals surface area contributed by atoms with Crippen molar-refractivity contribution < 1.29 is 4.92 Å². The Morgan fingerprint density at radius 3 is 2.64 bits per heavy atom. The Hall–Kier alpha value is -2.54. The number of aromatic nitrogens is 3. The Bertz CT molecular complexity index is 814. The molecule has 3 aromatic rings. The molecule has 110 valence electrons. The molecule has 6 nitrogen and oxygen atoms in total. The van der Waals surface area contributed by atoms with Crippen LogP contribution in [0.3, 0.4) is 0 Å². The molecule has 0 N–H and O–H groups in total. The number of nitro groups is 1. The molecule has 22 heavy (non-hydrogen) atoms. The number of halogens is 1. The van der Waals surface area contributed by atoms with E-state index in [1.54, 1.807) is 23.1 Å². The van der Waals surface area contributed by atoms with E-state index in [2.05, 4.69) is 26.0 Å². The third kappa shape index (κ3) is 3.20. The van der Waals surface area contributed by atoms with Crippen LogP contribution in [-0.2, 0) is 6.54 Å². The van der Waals surface area contributed by atoms with E-state index in [1.165, 1.54) is 12.1 Å². The van der Waals surface area contributed by atoms with Crippen molar-refractivity contribution in [3.05, 3.63) is 75.0 Å². The Morgan fingerprint density at radius 1 is 1.18 bits per heavy atom. The van der Waals surface area contributed by atoms with Gasteiger partial charge in [0.1, 0.15) is 6.33 Å². The molecular weight excluding hydrogens is 348 g/mol. The minimum Gasteiger partial charge on any atom is -0.258 e. The Labute approximate surface area is 134 Å². The maximum atomic E-state index is 10.6. The Kier molecular flexibility index (Phi) is 3.97. The third-order valence-corrected chi connectivity index (χ3v) is 3.60. The molecule has 1 aromatic heterocycles. The molecular formula is C15H11BrN4O2. The van der Waals surface area contributed by atoms with Crippen molar-refractivity contribution in [3.8, 4) is 11.4 Å². The van der Waals surface area contributed by atoms with Crippen molar-refractivity contribution in [1.82, 2.24) is 14.8 Å². The van der Waals surface area contributed by atoms with E-state index in [0.717, 1.165) is 15.6 Å². The van der Waals surface area contributed by atoms with E-state index >= 15 is 0 Å². The molecule has 0 fully saturated rings. The Balaban J connectivity index is 1.80. The first-order valence-corrected chi connectivity index (χ1v) is 7.30. The van der Waals surface area contributed by atoms with Crippen LogP contribution in [0.2, 0.25) is 0 Å². The second-order valence-corrected chi connectivity index (χ2v) is 5.62. The molecule has 0 unspecified atom stereocenters. The number of hydrogen-bond donors (Lipinski definition) is 0. The molecule has 0 spiro atoms. The zero-order valence-electron chi connectivity index (χ0n) is 11.4. The predicted octanol–water partition coefficient (Wildman–Crippen LogP) is 3.66. The lowest BCUT2D eigenvalue weighted by molar-refractivity contribution is -0.384. The van der Waals surface area contributed by atoms with Crippen LogP contribution in [0.25, 0.3) is 11.4 Å². The Morgan fingerprint density at radius 2 is 1.95 bits per heavy atom. The lowest BCUT2D eigenvalue weighted by atomic mass is 10.2. The van der Waals surface area contributed by atoms with Crippen LogP contribution in [-0.4, -0.2) is 19.7 Å². The summed E-state index contributed by atoms with van der Waals surface area (Å²) >= 11 is 3.44. The summed E-state index contributed by atoms with van der Waals surface area (Å²) in [5, 5.41) is 15.1. The van der Waals surface area contributed by atoms with Gasteiger partial charge in [0, 0.05) is 22.2 Å². The van der Waals surface area contributed by atoms with E-state index in [4.69, 9.17) is 0 Å². The van der Waals surface area contributed by atoms with Gasteiger partial charge in [-0.15, -0.1) is 0 Å². The normalized spacial score (nSPS) is 10.6. The zero-order chi connectivity index (χ0) is 15.5. The fraction of sp³-hybridized carbons (Fsp3) is 0.0667. The summed E-state index contributed by atoms with van der Waals surface area (Å²) in [4.78, 5) is 14.5. The molecule has 0 aliphatic rings. The standard InChI is InChI=1S/C15H11BrN4O2/c16-13-3-1-2-11(8-13)9-19-10-17-15(18-19)12-4-6-14(7-5-12)20(21)22/h1-8,10H,9H2. The van der Waals surface area contributed by atoms with Gasteiger partial charge in [0.2, 0.25) is 0 Å². The number of hydrogen-bond acceptors (Lipinski definition) is 4. The summed E-state index contributed by atoms with van der Waals surface area (Å²) in [6.07, 6.45) is 1.65. The molecule has 1 heterocycles. The average molecular weight is 359 g/mol. The highest BCUT2D eigenvalue weighted by Crippen LogP contribution is 2.19. The van der Waals surface area contributed by atoms with Gasteiger partial charge in [0.15, 0.2) is 5.82 Å². The minimum atomic E-state index is -0.428. The SMILES string of the molecule is O=[N+]([O-])c1ccc(-c2ncn(Cc3cccc(Br)c3)n2)cc1. The van der Waals surface area contributed by atoms with Crippen LogP contribution in [0.15, 0.2) is 59.3 Å². The molecule has 2 aromatic carbocycles. The van der Waals surface area contributed by atoms with Crippen LogP contribution in [0.1, 0.15) is 5.56 Å². The molecule has 0 saturated carbocycles. The lowest BCUT2D eigenvalue weighted by Gasteiger charge is -2.01. The van der Waals surface area contributed by atoms with E-state index < -0.39 is 4.92 Å². The molecule has 7 heteroatoms. The summed E-state index contributed by atoms with van der Waals surface area (Å²) in [7, 11) is 0. The van der Waals surface area contributed by atoms with E-state index in [9.17, 15) is 10.1 Å². The monoisotopic (exact) mass is 358 g/mol. The van der Waals surface area contributed by atoms with Crippen LogP contribution in [0, 0.1) is 10.1 Å². The number of non-ortho nitro benzene ring substituents is 1. The van der Waals surface area contributed by atoms with Gasteiger partial charge in [-0.05, 0) is 29.8 Å². The third-order valence-electron chi connectivity index (χ3n) is 3.11. The van der Waals surface area contributed by atoms with Gasteiger partial charge in [-0.3, -0.25) is 10.1 Å². The lowest BCUT2D eigenvalue weighted by Crippen LogP contribution is -2.00. The van der Waals surface area contributed by atoms with Crippen LogP contribution in [0.5, 0.6) is 0 Å². The second kappa shape index (κ2) is 6.07. The van der Waals surface area contributed by atoms with Gasteiger partial charge < -0.3 is 0 Å². The minimum absolute atomic E-state index is 0.0531. The van der Waals surface area contributed by atoms with Crippen molar-refractivity contribution in [3.63, 3.8) is 0 Å². The number of rotatable bonds is 4. The maximum absolute atomic E-state index is 10.6. The van der Waals surface area contributed by atoms with Crippen LogP contribution >= 0.6 is 15.9 Å². The molecule has 3 rings (SSSR count). The smallest absolute Gasteiger partial charge is 0.258 e. The average Bonchev–Trinajstić information content (AvgIpc) is 2.96. The van der Waals surface area contributed by atoms with Gasteiger partial charge in [-0.1, -0.05) is 28.1 Å². The molecule has 0 atom stereocenters. The largest absolute Gasteiger partial charge is 0.269 e. The molecule has 0 radical (unpaired) electrons. The van der Waals surface area contributed by atoms with Crippen LogP contribution < -0.4 is 0 Å². The maximum Gasteiger partial charge on any atom is 0.269 e. The number of nitrogens with zero attached hydrogens (tertiary/aromatic N) is 4. The summed E-state index contributed by atoms with van der Waals surface area (Å²) in [6.45, 7) is 0.611. The second-order valence-electron chi connectivity index (χ2n) is 4.70. The zero-order valence-corrected chi connectivity index (χ0v) is 13.0. The van der Waals surface area contributed by atoms with Crippen molar-refractivity contribution >= 4 is 21.6 Å². The highest BCUT2D eigenvalue weighted by atomic mass is 79.9. The van der Waals surface area contributed by atoms with Gasteiger partial charge in [-0.25, -0.2) is 9.67 Å². The summed E-state index contributed by atoms with van der Waals surface area (Å²) in [6, 6.07) is 14.2. The first-order chi connectivity index (χ1) is 10.6. The first-order valence-electron chi connectivity index (χ1n) is 6.50. The summed E-state index contributed by atoms with van der Waals surface area (Å²) < 4.78 is 2.75. The fourth-order valence-corrected chi connectivity index (χ4v) is 2.50. The summed E-state index contributed by atoms with van der Waals surface area (Å²) in [5.41, 5.74) is 1.91. The van der Waals surface area contributed by atoms with Crippen molar-refractivity contribution in [2.24, 2.45) is 0 Å². The van der Waals surface area contributed by atoms with E-state index in [0.29, 0.717) is 12.4 Å². The van der Waals surface area contributed by atoms with Gasteiger partial charge in [0.25, 0.3) is 5.69 Å². The number of benzene rings is 2. The van der Waals surface area contributed by atoms with E-state index in [-0.39, 0.29) is 5.69 Å². The molecule has 0 saturated heterocycles. The van der Waals surface area contributed by atoms with E-state index in [1.807, 2.05) is 24.3 Å². The van der Waals surface area contributed by atoms with Gasteiger partial charge in [-0.2, -0.15) is 5.10 Å². The highest BCUT2D eigenvalue weighted by molar-refractivity contribution is 9.10. The molecule has 0 bridgehead atoms. The molecule has 0 amide bonds. The topological polar surface area (TPSA) is 73.8 Å². The molecule has 0 aliphatic heterocycles. The first kappa shape index (κ1) is 14.4. The van der Waals surface area contributed by atoms with Crippen molar-refractivity contribution in [1.29, 1.82) is 0 Å². The quantitative estimate of drug-likeness (QED) is 0.526. The van der Waals surface area contributed by atoms with Crippen molar-refractivity contribution in [2.75, 3.05) is 0 Å². The highest BCUT2D eigenvalue weighted by Gasteiger charge is 2.08. The number of nitro benzene ring substituents is 1. The summed E-state index contributed by atoms with van der Waals surface area (Å²) in [5.74, 6) is 0.546. The van der Waals surface area contributed by atoms with Gasteiger partial charge >= 0.3 is 0 Å². The van der Waals surface area contributed by atoms with Gasteiger partial charge in [0.05, 0.1) is 11.5 Å². The van der Waals surface area contributed by atoms with Crippen molar-refractivity contribution in [2.45, 2.75) is 6.54 Å².